The van der Waals surface area contributed by atoms with E-state index in [1.54, 1.807) is 6.20 Å². The van der Waals surface area contributed by atoms with Gasteiger partial charge >= 0.3 is 6.18 Å². The highest BCUT2D eigenvalue weighted by Crippen LogP contribution is 2.28. The van der Waals surface area contributed by atoms with Crippen LogP contribution < -0.4 is 5.32 Å². The van der Waals surface area contributed by atoms with Crippen LogP contribution >= 0.6 is 0 Å². The number of rotatable bonds is 5. The summed E-state index contributed by atoms with van der Waals surface area (Å²) in [5.74, 6) is 0. The molecule has 5 heteroatoms. The first-order valence-corrected chi connectivity index (χ1v) is 6.06. The van der Waals surface area contributed by atoms with Gasteiger partial charge in [0.05, 0.1) is 11.7 Å². The quantitative estimate of drug-likeness (QED) is 0.873. The Bertz CT molecular complexity index is 388. The first-order valence-electron chi connectivity index (χ1n) is 6.06. The number of nitrogens with one attached hydrogen (secondary N) is 1. The minimum Gasteiger partial charge on any atom is -0.309 e. The van der Waals surface area contributed by atoms with Gasteiger partial charge in [-0.1, -0.05) is 13.0 Å². The highest BCUT2D eigenvalue weighted by Gasteiger charge is 2.29. The summed E-state index contributed by atoms with van der Waals surface area (Å²) in [6, 6.07) is 1.61. The number of halogens is 3. The average Bonchev–Trinajstić information content (AvgIpc) is 2.24. The molecule has 18 heavy (non-hydrogen) atoms. The standard InChI is InChI=1S/C13H19F3N2/c1-4-17-11(5-6-13(14,15)16)12-10(3)7-9(2)8-18-12/h7-8,11,17H,4-6H2,1-3H3. The Kier molecular flexibility index (Phi) is 5.14. The van der Waals surface area contributed by atoms with Crippen LogP contribution in [0.1, 0.15) is 42.6 Å². The van der Waals surface area contributed by atoms with Gasteiger partial charge in [0, 0.05) is 12.6 Å². The molecule has 1 aromatic rings. The maximum Gasteiger partial charge on any atom is 0.389 e. The van der Waals surface area contributed by atoms with Crippen molar-refractivity contribution in [1.82, 2.24) is 10.3 Å². The van der Waals surface area contributed by atoms with Gasteiger partial charge < -0.3 is 5.32 Å². The molecule has 0 aliphatic heterocycles. The first-order chi connectivity index (χ1) is 8.33. The normalized spacial score (nSPS) is 13.7. The number of aromatic nitrogens is 1. The Labute approximate surface area is 106 Å². The van der Waals surface area contributed by atoms with Gasteiger partial charge in [-0.05, 0) is 37.9 Å². The van der Waals surface area contributed by atoms with Crippen LogP contribution in [0.15, 0.2) is 12.3 Å². The van der Waals surface area contributed by atoms with Gasteiger partial charge in [-0.3, -0.25) is 4.98 Å². The second-order valence-corrected chi connectivity index (χ2v) is 4.48. The van der Waals surface area contributed by atoms with Crippen LogP contribution in [0.3, 0.4) is 0 Å². The highest BCUT2D eigenvalue weighted by molar-refractivity contribution is 5.25. The summed E-state index contributed by atoms with van der Waals surface area (Å²) in [6.07, 6.45) is -3.19. The number of alkyl halides is 3. The molecule has 1 unspecified atom stereocenters. The molecule has 0 radical (unpaired) electrons. The first kappa shape index (κ1) is 15.0. The molecule has 0 saturated heterocycles. The van der Waals surface area contributed by atoms with Crippen molar-refractivity contribution in [2.24, 2.45) is 0 Å². The Morgan fingerprint density at radius 2 is 2.00 bits per heavy atom. The van der Waals surface area contributed by atoms with E-state index in [-0.39, 0.29) is 12.5 Å². The molecule has 1 N–H and O–H groups in total. The average molecular weight is 260 g/mol. The summed E-state index contributed by atoms with van der Waals surface area (Å²) in [7, 11) is 0. The molecule has 0 aliphatic carbocycles. The minimum absolute atomic E-state index is 0.0221. The van der Waals surface area contributed by atoms with Crippen LogP contribution in [0, 0.1) is 13.8 Å². The van der Waals surface area contributed by atoms with Gasteiger partial charge in [-0.25, -0.2) is 0 Å². The van der Waals surface area contributed by atoms with E-state index < -0.39 is 12.6 Å². The van der Waals surface area contributed by atoms with Crippen molar-refractivity contribution >= 4 is 0 Å². The highest BCUT2D eigenvalue weighted by atomic mass is 19.4. The van der Waals surface area contributed by atoms with Crippen LogP contribution in [0.5, 0.6) is 0 Å². The fraction of sp³-hybridized carbons (Fsp3) is 0.615. The number of pyridine rings is 1. The van der Waals surface area contributed by atoms with Crippen molar-refractivity contribution < 1.29 is 13.2 Å². The summed E-state index contributed by atoms with van der Waals surface area (Å²) in [5.41, 5.74) is 2.66. The summed E-state index contributed by atoms with van der Waals surface area (Å²) in [4.78, 5) is 4.27. The second-order valence-electron chi connectivity index (χ2n) is 4.48. The fourth-order valence-electron chi connectivity index (χ4n) is 1.98. The molecule has 102 valence electrons. The van der Waals surface area contributed by atoms with Crippen LogP contribution in [0.2, 0.25) is 0 Å². The molecule has 1 heterocycles. The lowest BCUT2D eigenvalue weighted by molar-refractivity contribution is -0.136. The maximum atomic E-state index is 12.3. The van der Waals surface area contributed by atoms with E-state index in [0.717, 1.165) is 11.1 Å². The molecule has 0 fully saturated rings. The monoisotopic (exact) mass is 260 g/mol. The predicted octanol–water partition coefficient (Wildman–Crippen LogP) is 3.69. The van der Waals surface area contributed by atoms with E-state index in [2.05, 4.69) is 10.3 Å². The molecule has 1 aromatic heterocycles. The summed E-state index contributed by atoms with van der Waals surface area (Å²) in [6.45, 7) is 6.30. The largest absolute Gasteiger partial charge is 0.389 e. The lowest BCUT2D eigenvalue weighted by Gasteiger charge is -2.20. The summed E-state index contributed by atoms with van der Waals surface area (Å²) >= 11 is 0. The van der Waals surface area contributed by atoms with Gasteiger partial charge in [0.2, 0.25) is 0 Å². The van der Waals surface area contributed by atoms with Crippen molar-refractivity contribution in [1.29, 1.82) is 0 Å². The lowest BCUT2D eigenvalue weighted by atomic mass is 10.0. The molecule has 2 nitrogen and oxygen atoms in total. The molecule has 0 aliphatic rings. The Morgan fingerprint density at radius 1 is 1.33 bits per heavy atom. The topological polar surface area (TPSA) is 24.9 Å². The van der Waals surface area contributed by atoms with Gasteiger partial charge in [-0.15, -0.1) is 0 Å². The summed E-state index contributed by atoms with van der Waals surface area (Å²) in [5, 5.41) is 3.07. The fourth-order valence-corrected chi connectivity index (χ4v) is 1.98. The zero-order valence-corrected chi connectivity index (χ0v) is 10.9. The Balaban J connectivity index is 2.83. The molecular formula is C13H19F3N2. The molecule has 0 saturated carbocycles. The SMILES string of the molecule is CCNC(CCC(F)(F)F)c1ncc(C)cc1C. The van der Waals surface area contributed by atoms with Gasteiger partial charge in [0.15, 0.2) is 0 Å². The van der Waals surface area contributed by atoms with Gasteiger partial charge in [-0.2, -0.15) is 13.2 Å². The van der Waals surface area contributed by atoms with Crippen molar-refractivity contribution in [3.63, 3.8) is 0 Å². The van der Waals surface area contributed by atoms with E-state index in [0.29, 0.717) is 12.2 Å². The van der Waals surface area contributed by atoms with Crippen molar-refractivity contribution in [3.8, 4) is 0 Å². The Hall–Kier alpha value is -1.10. The Morgan fingerprint density at radius 3 is 2.50 bits per heavy atom. The smallest absolute Gasteiger partial charge is 0.309 e. The van der Waals surface area contributed by atoms with Crippen LogP contribution in [-0.2, 0) is 0 Å². The van der Waals surface area contributed by atoms with Crippen LogP contribution in [0.25, 0.3) is 0 Å². The van der Waals surface area contributed by atoms with E-state index in [4.69, 9.17) is 0 Å². The molecule has 0 spiro atoms. The number of nitrogens with zero attached hydrogens (tertiary/aromatic N) is 1. The minimum atomic E-state index is -4.12. The number of hydrogen-bond acceptors (Lipinski definition) is 2. The van der Waals surface area contributed by atoms with E-state index in [1.807, 2.05) is 26.8 Å². The third-order valence-electron chi connectivity index (χ3n) is 2.75. The zero-order valence-electron chi connectivity index (χ0n) is 10.9. The van der Waals surface area contributed by atoms with Crippen LogP contribution in [-0.4, -0.2) is 17.7 Å². The molecule has 0 bridgehead atoms. The third-order valence-corrected chi connectivity index (χ3v) is 2.75. The van der Waals surface area contributed by atoms with Gasteiger partial charge in [0.25, 0.3) is 0 Å². The second kappa shape index (κ2) is 6.18. The van der Waals surface area contributed by atoms with E-state index >= 15 is 0 Å². The van der Waals surface area contributed by atoms with Crippen LogP contribution in [0.4, 0.5) is 13.2 Å². The van der Waals surface area contributed by atoms with Crippen molar-refractivity contribution in [2.75, 3.05) is 6.54 Å². The number of aryl methyl sites for hydroxylation is 2. The maximum absolute atomic E-state index is 12.3. The molecule has 0 aromatic carbocycles. The van der Waals surface area contributed by atoms with Gasteiger partial charge in [0.1, 0.15) is 0 Å². The summed E-state index contributed by atoms with van der Waals surface area (Å²) < 4.78 is 36.9. The molecule has 1 atom stereocenters. The lowest BCUT2D eigenvalue weighted by Crippen LogP contribution is -2.24. The number of hydrogen-bond donors (Lipinski definition) is 1. The van der Waals surface area contributed by atoms with Crippen molar-refractivity contribution in [3.05, 3.63) is 29.1 Å². The zero-order chi connectivity index (χ0) is 13.8. The molecular weight excluding hydrogens is 241 g/mol. The van der Waals surface area contributed by atoms with E-state index in [9.17, 15) is 13.2 Å². The van der Waals surface area contributed by atoms with E-state index in [1.165, 1.54) is 0 Å². The van der Waals surface area contributed by atoms with Crippen molar-refractivity contribution in [2.45, 2.75) is 45.8 Å². The molecule has 1 rings (SSSR count). The predicted molar refractivity (Wildman–Crippen MR) is 65.4 cm³/mol. The molecule has 0 amide bonds. The third kappa shape index (κ3) is 4.64.